The quantitative estimate of drug-likeness (QED) is 0.605. The molecule has 28 heavy (non-hydrogen) atoms. The fourth-order valence-corrected chi connectivity index (χ4v) is 4.11. The van der Waals surface area contributed by atoms with Crippen LogP contribution in [0.5, 0.6) is 17.2 Å². The number of rotatable bonds is 5. The number of thiazole rings is 1. The number of nitrogens with zero attached hydrogens (tertiary/aromatic N) is 1. The molecule has 0 saturated heterocycles. The van der Waals surface area contributed by atoms with Gasteiger partial charge in [0.25, 0.3) is 0 Å². The van der Waals surface area contributed by atoms with E-state index in [-0.39, 0.29) is 12.3 Å². The third-order valence-electron chi connectivity index (χ3n) is 4.17. The topological polar surface area (TPSA) is 69.7 Å². The summed E-state index contributed by atoms with van der Waals surface area (Å²) in [5.41, 5.74) is 2.59. The number of anilines is 1. The molecule has 1 aliphatic heterocycles. The van der Waals surface area contributed by atoms with Crippen LogP contribution in [-0.4, -0.2) is 31.2 Å². The fraction of sp³-hybridized carbons (Fsp3) is 0.200. The van der Waals surface area contributed by atoms with Crippen LogP contribution in [-0.2, 0) is 11.2 Å². The van der Waals surface area contributed by atoms with Crippen molar-refractivity contribution >= 4 is 38.3 Å². The van der Waals surface area contributed by atoms with Crippen molar-refractivity contribution < 1.29 is 19.0 Å². The van der Waals surface area contributed by atoms with Crippen LogP contribution in [0, 0.1) is 0 Å². The van der Waals surface area contributed by atoms with E-state index in [0.29, 0.717) is 29.8 Å². The zero-order valence-corrected chi connectivity index (χ0v) is 17.4. The Morgan fingerprint density at radius 3 is 2.82 bits per heavy atom. The van der Waals surface area contributed by atoms with E-state index in [1.165, 1.54) is 11.3 Å². The van der Waals surface area contributed by atoms with Crippen LogP contribution in [0.2, 0.25) is 0 Å². The lowest BCUT2D eigenvalue weighted by Gasteiger charge is -2.18. The molecule has 2 heterocycles. The van der Waals surface area contributed by atoms with Crippen molar-refractivity contribution in [3.63, 3.8) is 0 Å². The first kappa shape index (κ1) is 18.8. The summed E-state index contributed by atoms with van der Waals surface area (Å²) in [6, 6.07) is 11.3. The first-order valence-electron chi connectivity index (χ1n) is 8.60. The number of fused-ring (bicyclic) bond motifs is 1. The molecular weight excluding hydrogens is 444 g/mol. The van der Waals surface area contributed by atoms with Crippen LogP contribution in [0.3, 0.4) is 0 Å². The molecule has 1 amide bonds. The first-order valence-corrected chi connectivity index (χ1v) is 10.3. The van der Waals surface area contributed by atoms with Crippen LogP contribution in [0.25, 0.3) is 11.3 Å². The zero-order valence-electron chi connectivity index (χ0n) is 15.0. The van der Waals surface area contributed by atoms with E-state index in [2.05, 4.69) is 26.2 Å². The van der Waals surface area contributed by atoms with Crippen molar-refractivity contribution in [2.24, 2.45) is 0 Å². The lowest BCUT2D eigenvalue weighted by Crippen LogP contribution is -2.17. The minimum absolute atomic E-state index is 0.131. The van der Waals surface area contributed by atoms with Gasteiger partial charge in [0.1, 0.15) is 19.0 Å². The number of nitrogens with one attached hydrogen (secondary N) is 1. The van der Waals surface area contributed by atoms with Gasteiger partial charge in [-0.25, -0.2) is 4.98 Å². The number of amides is 1. The van der Waals surface area contributed by atoms with Crippen LogP contribution < -0.4 is 19.5 Å². The molecule has 0 bridgehead atoms. The normalized spacial score (nSPS) is 12.5. The van der Waals surface area contributed by atoms with Gasteiger partial charge in [0, 0.05) is 10.9 Å². The number of carbonyl (C=O) groups is 1. The van der Waals surface area contributed by atoms with Gasteiger partial charge in [0.15, 0.2) is 16.6 Å². The van der Waals surface area contributed by atoms with Crippen molar-refractivity contribution in [2.75, 3.05) is 25.6 Å². The molecule has 144 valence electrons. The molecule has 3 aromatic rings. The van der Waals surface area contributed by atoms with Crippen molar-refractivity contribution in [1.82, 2.24) is 4.98 Å². The van der Waals surface area contributed by atoms with Crippen LogP contribution in [0.1, 0.15) is 5.56 Å². The van der Waals surface area contributed by atoms with E-state index in [1.807, 2.05) is 41.8 Å². The van der Waals surface area contributed by atoms with Gasteiger partial charge in [-0.1, -0.05) is 6.07 Å². The Bertz CT molecular complexity index is 1020. The summed E-state index contributed by atoms with van der Waals surface area (Å²) in [6.07, 6.45) is 0.236. The molecule has 1 aliphatic rings. The van der Waals surface area contributed by atoms with E-state index in [9.17, 15) is 4.79 Å². The minimum atomic E-state index is -0.131. The molecule has 0 fully saturated rings. The Morgan fingerprint density at radius 2 is 2.04 bits per heavy atom. The van der Waals surface area contributed by atoms with E-state index in [1.54, 1.807) is 7.11 Å². The highest BCUT2D eigenvalue weighted by atomic mass is 79.9. The molecule has 0 unspecified atom stereocenters. The number of halogens is 1. The SMILES string of the molecule is COc1ccc(-c2csc(NC(=O)Cc3ccc4c(c3)OCCO4)n2)cc1Br. The highest BCUT2D eigenvalue weighted by Gasteiger charge is 2.14. The molecule has 0 atom stereocenters. The number of carbonyl (C=O) groups excluding carboxylic acids is 1. The summed E-state index contributed by atoms with van der Waals surface area (Å²) < 4.78 is 17.2. The largest absolute Gasteiger partial charge is 0.496 e. The van der Waals surface area contributed by atoms with Gasteiger partial charge in [-0.2, -0.15) is 0 Å². The Hall–Kier alpha value is -2.58. The van der Waals surface area contributed by atoms with Crippen molar-refractivity contribution in [1.29, 1.82) is 0 Å². The Labute approximate surface area is 174 Å². The van der Waals surface area contributed by atoms with Gasteiger partial charge in [0.05, 0.1) is 23.7 Å². The molecule has 8 heteroatoms. The van der Waals surface area contributed by atoms with Crippen molar-refractivity contribution in [3.05, 3.63) is 51.8 Å². The lowest BCUT2D eigenvalue weighted by atomic mass is 10.1. The Kier molecular flexibility index (Phi) is 5.50. The monoisotopic (exact) mass is 460 g/mol. The molecule has 4 rings (SSSR count). The maximum Gasteiger partial charge on any atom is 0.230 e. The molecule has 0 aliphatic carbocycles. The van der Waals surface area contributed by atoms with Gasteiger partial charge in [-0.3, -0.25) is 4.79 Å². The summed E-state index contributed by atoms with van der Waals surface area (Å²) in [4.78, 5) is 16.9. The Morgan fingerprint density at radius 1 is 1.21 bits per heavy atom. The standard InChI is InChI=1S/C20H17BrN2O4S/c1-25-16-5-3-13(10-14(16)21)15-11-28-20(22-15)23-19(24)9-12-2-4-17-18(8-12)27-7-6-26-17/h2-5,8,10-11H,6-7,9H2,1H3,(H,22,23,24). The Balaban J connectivity index is 1.42. The number of ether oxygens (including phenoxy) is 3. The number of hydrogen-bond acceptors (Lipinski definition) is 6. The summed E-state index contributed by atoms with van der Waals surface area (Å²) >= 11 is 4.86. The van der Waals surface area contributed by atoms with Gasteiger partial charge in [-0.05, 0) is 51.8 Å². The molecule has 0 saturated carbocycles. The first-order chi connectivity index (χ1) is 13.6. The van der Waals surface area contributed by atoms with Gasteiger partial charge >= 0.3 is 0 Å². The second kappa shape index (κ2) is 8.20. The highest BCUT2D eigenvalue weighted by Crippen LogP contribution is 2.33. The summed E-state index contributed by atoms with van der Waals surface area (Å²) in [6.45, 7) is 1.07. The number of aromatic nitrogens is 1. The predicted molar refractivity (Wildman–Crippen MR) is 112 cm³/mol. The van der Waals surface area contributed by atoms with Gasteiger partial charge in [-0.15, -0.1) is 11.3 Å². The summed E-state index contributed by atoms with van der Waals surface area (Å²) in [5, 5.41) is 5.33. The smallest absolute Gasteiger partial charge is 0.230 e. The number of hydrogen-bond donors (Lipinski definition) is 1. The lowest BCUT2D eigenvalue weighted by molar-refractivity contribution is -0.115. The number of benzene rings is 2. The molecule has 1 aromatic heterocycles. The van der Waals surface area contributed by atoms with Crippen LogP contribution in [0.4, 0.5) is 5.13 Å². The van der Waals surface area contributed by atoms with Gasteiger partial charge < -0.3 is 19.5 Å². The maximum atomic E-state index is 12.4. The van der Waals surface area contributed by atoms with Crippen LogP contribution >= 0.6 is 27.3 Å². The van der Waals surface area contributed by atoms with Crippen molar-refractivity contribution in [2.45, 2.75) is 6.42 Å². The van der Waals surface area contributed by atoms with E-state index >= 15 is 0 Å². The predicted octanol–water partition coefficient (Wildman–Crippen LogP) is 4.53. The number of methoxy groups -OCH3 is 1. The second-order valence-electron chi connectivity index (χ2n) is 6.09. The average molecular weight is 461 g/mol. The second-order valence-corrected chi connectivity index (χ2v) is 7.80. The summed E-state index contributed by atoms with van der Waals surface area (Å²) in [7, 11) is 1.62. The van der Waals surface area contributed by atoms with E-state index in [0.717, 1.165) is 27.0 Å². The zero-order chi connectivity index (χ0) is 19.5. The van der Waals surface area contributed by atoms with Gasteiger partial charge in [0.2, 0.25) is 5.91 Å². The molecular formula is C20H17BrN2O4S. The minimum Gasteiger partial charge on any atom is -0.496 e. The molecule has 2 aromatic carbocycles. The van der Waals surface area contributed by atoms with E-state index in [4.69, 9.17) is 14.2 Å². The molecule has 1 N–H and O–H groups in total. The molecule has 0 radical (unpaired) electrons. The van der Waals surface area contributed by atoms with E-state index < -0.39 is 0 Å². The maximum absolute atomic E-state index is 12.4. The van der Waals surface area contributed by atoms with Crippen LogP contribution in [0.15, 0.2) is 46.3 Å². The summed E-state index contributed by atoms with van der Waals surface area (Å²) in [5.74, 6) is 2.02. The molecule has 0 spiro atoms. The fourth-order valence-electron chi connectivity index (χ4n) is 2.84. The molecule has 6 nitrogen and oxygen atoms in total. The average Bonchev–Trinajstić information content (AvgIpc) is 3.16. The third-order valence-corrected chi connectivity index (χ3v) is 5.55. The van der Waals surface area contributed by atoms with Crippen molar-refractivity contribution in [3.8, 4) is 28.5 Å². The third kappa shape index (κ3) is 4.13. The highest BCUT2D eigenvalue weighted by molar-refractivity contribution is 9.10.